The lowest BCUT2D eigenvalue weighted by atomic mass is 10.0. The molecule has 5 nitrogen and oxygen atoms in total. The van der Waals surface area contributed by atoms with Gasteiger partial charge in [-0.15, -0.1) is 0 Å². The Kier molecular flexibility index (Phi) is 3.10. The van der Waals surface area contributed by atoms with Crippen molar-refractivity contribution >= 4 is 40.3 Å². The number of hydrogen-bond acceptors (Lipinski definition) is 5. The molecule has 3 rings (SSSR count). The molecule has 0 bridgehead atoms. The van der Waals surface area contributed by atoms with Crippen LogP contribution in [0.1, 0.15) is 16.7 Å². The van der Waals surface area contributed by atoms with Crippen molar-refractivity contribution in [2.45, 2.75) is 13.8 Å². The van der Waals surface area contributed by atoms with E-state index in [1.165, 1.54) is 12.3 Å². The maximum absolute atomic E-state index is 12.5. The van der Waals surface area contributed by atoms with Crippen LogP contribution >= 0.6 is 12.2 Å². The maximum atomic E-state index is 12.5. The fourth-order valence-electron chi connectivity index (χ4n) is 2.30. The fourth-order valence-corrected chi connectivity index (χ4v) is 2.48. The molecular formula is C15H11NO4S. The number of ether oxygens (including phenoxy) is 1. The third kappa shape index (κ3) is 2.34. The molecule has 2 aromatic rings. The lowest BCUT2D eigenvalue weighted by Crippen LogP contribution is -2.18. The molecule has 1 aliphatic heterocycles. The number of fused-ring (bicyclic) bond motifs is 1. The minimum Gasteiger partial charge on any atom is -0.463 e. The zero-order valence-corrected chi connectivity index (χ0v) is 12.2. The summed E-state index contributed by atoms with van der Waals surface area (Å²) in [5.41, 5.74) is 2.39. The van der Waals surface area contributed by atoms with E-state index < -0.39 is 5.91 Å². The van der Waals surface area contributed by atoms with Gasteiger partial charge in [-0.3, -0.25) is 14.9 Å². The molecule has 106 valence electrons. The van der Waals surface area contributed by atoms with Crippen molar-refractivity contribution in [3.63, 3.8) is 0 Å². The second-order valence-electron chi connectivity index (χ2n) is 4.83. The molecule has 0 atom stereocenters. The molecule has 21 heavy (non-hydrogen) atoms. The first kappa shape index (κ1) is 13.5. The number of hydrogen-bond donors (Lipinski definition) is 1. The summed E-state index contributed by atoms with van der Waals surface area (Å²) in [4.78, 5) is 24.1. The van der Waals surface area contributed by atoms with Gasteiger partial charge >= 0.3 is 0 Å². The molecule has 1 aromatic heterocycles. The standard InChI is InChI=1S/C15H11NO4S/c1-7-3-8(2)12-10(4-7)19-6-9(13(12)17)5-11-14(18)16-15(21)20-11/h3-6H,1-2H3,(H,16,18,21)/b11-5+. The Hall–Kier alpha value is -2.47. The van der Waals surface area contributed by atoms with Crippen LogP contribution in [0.5, 0.6) is 0 Å². The Morgan fingerprint density at radius 3 is 2.67 bits per heavy atom. The zero-order valence-electron chi connectivity index (χ0n) is 11.4. The third-order valence-corrected chi connectivity index (χ3v) is 3.36. The molecular weight excluding hydrogens is 290 g/mol. The van der Waals surface area contributed by atoms with Crippen LogP contribution in [0.25, 0.3) is 17.0 Å². The van der Waals surface area contributed by atoms with E-state index in [2.05, 4.69) is 5.32 Å². The first-order chi connectivity index (χ1) is 9.95. The van der Waals surface area contributed by atoms with E-state index in [0.29, 0.717) is 11.0 Å². The van der Waals surface area contributed by atoms with Crippen LogP contribution in [-0.2, 0) is 9.53 Å². The van der Waals surface area contributed by atoms with Crippen molar-refractivity contribution in [1.29, 1.82) is 0 Å². The Labute approximate surface area is 125 Å². The Balaban J connectivity index is 2.20. The van der Waals surface area contributed by atoms with Gasteiger partial charge in [0.15, 0.2) is 11.2 Å². The van der Waals surface area contributed by atoms with E-state index in [1.54, 1.807) is 6.07 Å². The highest BCUT2D eigenvalue weighted by Gasteiger charge is 2.23. The number of rotatable bonds is 1. The number of benzene rings is 1. The van der Waals surface area contributed by atoms with Crippen LogP contribution in [0.3, 0.4) is 0 Å². The summed E-state index contributed by atoms with van der Waals surface area (Å²) in [7, 11) is 0. The topological polar surface area (TPSA) is 68.5 Å². The summed E-state index contributed by atoms with van der Waals surface area (Å²) in [6.07, 6.45) is 2.65. The molecule has 2 heterocycles. The van der Waals surface area contributed by atoms with Crippen LogP contribution in [-0.4, -0.2) is 11.1 Å². The fraction of sp³-hybridized carbons (Fsp3) is 0.133. The number of thiocarbonyl (C=S) groups is 1. The third-order valence-electron chi connectivity index (χ3n) is 3.17. The minimum atomic E-state index is -0.472. The Morgan fingerprint density at radius 2 is 2.00 bits per heavy atom. The molecule has 1 amide bonds. The summed E-state index contributed by atoms with van der Waals surface area (Å²) in [6, 6.07) is 3.71. The molecule has 1 aromatic carbocycles. The second-order valence-corrected chi connectivity index (χ2v) is 5.20. The molecule has 0 unspecified atom stereocenters. The largest absolute Gasteiger partial charge is 0.463 e. The average Bonchev–Trinajstić information content (AvgIpc) is 2.70. The first-order valence-corrected chi connectivity index (χ1v) is 6.64. The normalized spacial score (nSPS) is 16.4. The van der Waals surface area contributed by atoms with Crippen LogP contribution in [0, 0.1) is 13.8 Å². The van der Waals surface area contributed by atoms with Gasteiger partial charge in [0.05, 0.1) is 10.9 Å². The van der Waals surface area contributed by atoms with E-state index in [9.17, 15) is 9.59 Å². The minimum absolute atomic E-state index is 0.0172. The molecule has 0 spiro atoms. The van der Waals surface area contributed by atoms with Crippen LogP contribution in [0.4, 0.5) is 0 Å². The highest BCUT2D eigenvalue weighted by Crippen LogP contribution is 2.19. The van der Waals surface area contributed by atoms with Gasteiger partial charge in [-0.2, -0.15) is 0 Å². The highest BCUT2D eigenvalue weighted by molar-refractivity contribution is 7.80. The van der Waals surface area contributed by atoms with E-state index >= 15 is 0 Å². The van der Waals surface area contributed by atoms with Gasteiger partial charge < -0.3 is 9.15 Å². The smallest absolute Gasteiger partial charge is 0.294 e. The number of nitrogens with one attached hydrogen (secondary N) is 1. The van der Waals surface area contributed by atoms with Gasteiger partial charge in [0.1, 0.15) is 11.8 Å². The lowest BCUT2D eigenvalue weighted by Gasteiger charge is -2.04. The number of amides is 1. The molecule has 1 fully saturated rings. The van der Waals surface area contributed by atoms with Crippen LogP contribution < -0.4 is 10.7 Å². The number of aryl methyl sites for hydroxylation is 2. The van der Waals surface area contributed by atoms with Gasteiger partial charge in [-0.1, -0.05) is 6.07 Å². The second kappa shape index (κ2) is 4.82. The molecule has 6 heteroatoms. The van der Waals surface area contributed by atoms with Crippen molar-refractivity contribution < 1.29 is 13.9 Å². The van der Waals surface area contributed by atoms with E-state index in [0.717, 1.165) is 11.1 Å². The average molecular weight is 301 g/mol. The SMILES string of the molecule is Cc1cc(C)c2c(=O)c(/C=C3/OC(=S)NC3=O)coc2c1. The summed E-state index contributed by atoms with van der Waals surface area (Å²) in [5.74, 6) is -0.489. The van der Waals surface area contributed by atoms with E-state index in [4.69, 9.17) is 21.4 Å². The van der Waals surface area contributed by atoms with Gasteiger partial charge in [0.25, 0.3) is 11.1 Å². The number of carbonyl (C=O) groups excluding carboxylic acids is 1. The Bertz CT molecular complexity index is 879. The van der Waals surface area contributed by atoms with E-state index in [-0.39, 0.29) is 21.9 Å². The summed E-state index contributed by atoms with van der Waals surface area (Å²) < 4.78 is 10.5. The predicted octanol–water partition coefficient (Wildman–Crippen LogP) is 2.18. The van der Waals surface area contributed by atoms with Gasteiger partial charge in [0, 0.05) is 6.08 Å². The van der Waals surface area contributed by atoms with Gasteiger partial charge in [-0.05, 0) is 43.3 Å². The van der Waals surface area contributed by atoms with Crippen molar-refractivity contribution in [2.75, 3.05) is 0 Å². The quantitative estimate of drug-likeness (QED) is 0.646. The summed E-state index contributed by atoms with van der Waals surface area (Å²) in [5, 5.41) is 2.80. The molecule has 0 radical (unpaired) electrons. The maximum Gasteiger partial charge on any atom is 0.294 e. The summed E-state index contributed by atoms with van der Waals surface area (Å²) >= 11 is 4.74. The van der Waals surface area contributed by atoms with E-state index in [1.807, 2.05) is 19.9 Å². The summed E-state index contributed by atoms with van der Waals surface area (Å²) in [6.45, 7) is 3.77. The molecule has 1 saturated heterocycles. The van der Waals surface area contributed by atoms with Crippen molar-refractivity contribution in [3.05, 3.63) is 51.1 Å². The first-order valence-electron chi connectivity index (χ1n) is 6.23. The zero-order chi connectivity index (χ0) is 15.1. The molecule has 0 aliphatic carbocycles. The van der Waals surface area contributed by atoms with Crippen LogP contribution in [0.15, 0.2) is 33.4 Å². The van der Waals surface area contributed by atoms with Gasteiger partial charge in [-0.25, -0.2) is 0 Å². The van der Waals surface area contributed by atoms with Crippen molar-refractivity contribution in [3.8, 4) is 0 Å². The van der Waals surface area contributed by atoms with Gasteiger partial charge in [0.2, 0.25) is 0 Å². The molecule has 1 aliphatic rings. The molecule has 1 N–H and O–H groups in total. The van der Waals surface area contributed by atoms with Crippen molar-refractivity contribution in [2.24, 2.45) is 0 Å². The Morgan fingerprint density at radius 1 is 1.24 bits per heavy atom. The predicted molar refractivity (Wildman–Crippen MR) is 81.8 cm³/mol. The monoisotopic (exact) mass is 301 g/mol. The van der Waals surface area contributed by atoms with Crippen molar-refractivity contribution in [1.82, 2.24) is 5.32 Å². The molecule has 0 saturated carbocycles. The lowest BCUT2D eigenvalue weighted by molar-refractivity contribution is -0.116. The van der Waals surface area contributed by atoms with Crippen LogP contribution in [0.2, 0.25) is 0 Å². The number of carbonyl (C=O) groups is 1. The highest BCUT2D eigenvalue weighted by atomic mass is 32.1.